The van der Waals surface area contributed by atoms with Crippen molar-refractivity contribution in [3.8, 4) is 6.07 Å². The van der Waals surface area contributed by atoms with E-state index in [0.717, 1.165) is 11.1 Å². The first-order valence-corrected chi connectivity index (χ1v) is 4.51. The van der Waals surface area contributed by atoms with Crippen LogP contribution < -0.4 is 0 Å². The van der Waals surface area contributed by atoms with Crippen LogP contribution in [-0.2, 0) is 0 Å². The first kappa shape index (κ1) is 8.58. The third-order valence-electron chi connectivity index (χ3n) is 2.13. The van der Waals surface area contributed by atoms with Gasteiger partial charge >= 0.3 is 0 Å². The van der Waals surface area contributed by atoms with Gasteiger partial charge in [0.25, 0.3) is 0 Å². The van der Waals surface area contributed by atoms with Gasteiger partial charge in [-0.15, -0.1) is 0 Å². The molecule has 0 aliphatic heterocycles. The molecule has 0 saturated heterocycles. The molecule has 14 heavy (non-hydrogen) atoms. The van der Waals surface area contributed by atoms with Crippen LogP contribution >= 0.6 is 0 Å². The number of hydrogen-bond donors (Lipinski definition) is 1. The Morgan fingerprint density at radius 1 is 1.36 bits per heavy atom. The number of nitriles is 1. The summed E-state index contributed by atoms with van der Waals surface area (Å²) in [6.07, 6.45) is 6.22. The molecule has 0 atom stereocenters. The zero-order valence-electron chi connectivity index (χ0n) is 7.70. The van der Waals surface area contributed by atoms with Gasteiger partial charge in [-0.3, -0.25) is 0 Å². The van der Waals surface area contributed by atoms with Gasteiger partial charge in [0.15, 0.2) is 0 Å². The van der Waals surface area contributed by atoms with Crippen LogP contribution in [0, 0.1) is 11.3 Å². The second kappa shape index (κ2) is 3.80. The number of benzene rings is 1. The van der Waals surface area contributed by atoms with Crippen LogP contribution in [0.4, 0.5) is 0 Å². The number of rotatable bonds is 2. The van der Waals surface area contributed by atoms with Crippen molar-refractivity contribution in [2.75, 3.05) is 0 Å². The number of aromatic amines is 1. The van der Waals surface area contributed by atoms with Crippen LogP contribution in [-0.4, -0.2) is 4.98 Å². The molecule has 1 aromatic carbocycles. The van der Waals surface area contributed by atoms with E-state index in [2.05, 4.69) is 17.1 Å². The molecule has 1 aromatic heterocycles. The fourth-order valence-electron chi connectivity index (χ4n) is 1.49. The van der Waals surface area contributed by atoms with E-state index in [1.807, 2.05) is 36.5 Å². The summed E-state index contributed by atoms with van der Waals surface area (Å²) < 4.78 is 0. The van der Waals surface area contributed by atoms with Crippen molar-refractivity contribution in [3.05, 3.63) is 42.1 Å². The summed E-state index contributed by atoms with van der Waals surface area (Å²) >= 11 is 0. The minimum atomic E-state index is 0.455. The molecular weight excluding hydrogens is 172 g/mol. The van der Waals surface area contributed by atoms with Crippen molar-refractivity contribution >= 4 is 17.0 Å². The Bertz CT molecular complexity index is 500. The van der Waals surface area contributed by atoms with E-state index < -0.39 is 0 Å². The van der Waals surface area contributed by atoms with Crippen LogP contribution in [0.25, 0.3) is 17.0 Å². The molecule has 2 rings (SSSR count). The molecule has 0 spiro atoms. The molecule has 2 aromatic rings. The van der Waals surface area contributed by atoms with Gasteiger partial charge in [-0.05, 0) is 17.0 Å². The largest absolute Gasteiger partial charge is 0.361 e. The van der Waals surface area contributed by atoms with Gasteiger partial charge in [-0.2, -0.15) is 5.26 Å². The maximum Gasteiger partial charge on any atom is 0.0663 e. The molecule has 0 bridgehead atoms. The fraction of sp³-hybridized carbons (Fsp3) is 0.0833. The normalized spacial score (nSPS) is 10.8. The van der Waals surface area contributed by atoms with Gasteiger partial charge in [0.05, 0.1) is 18.0 Å². The van der Waals surface area contributed by atoms with E-state index in [9.17, 15) is 0 Å². The van der Waals surface area contributed by atoms with Crippen LogP contribution in [0.3, 0.4) is 0 Å². The molecule has 0 aliphatic rings. The van der Waals surface area contributed by atoms with Gasteiger partial charge in [0, 0.05) is 6.20 Å². The highest BCUT2D eigenvalue weighted by atomic mass is 14.7. The summed E-state index contributed by atoms with van der Waals surface area (Å²) in [5, 5.41) is 9.61. The Kier molecular flexibility index (Phi) is 2.33. The monoisotopic (exact) mass is 182 g/mol. The van der Waals surface area contributed by atoms with Gasteiger partial charge in [-0.25, -0.2) is 0 Å². The van der Waals surface area contributed by atoms with Crippen molar-refractivity contribution in [3.63, 3.8) is 0 Å². The molecule has 0 saturated carbocycles. The second-order valence-electron chi connectivity index (χ2n) is 3.05. The number of para-hydroxylation sites is 1. The smallest absolute Gasteiger partial charge is 0.0663 e. The van der Waals surface area contributed by atoms with Crippen LogP contribution in [0.15, 0.2) is 36.5 Å². The third-order valence-corrected chi connectivity index (χ3v) is 2.13. The number of nitrogens with one attached hydrogen (secondary N) is 1. The van der Waals surface area contributed by atoms with Crippen molar-refractivity contribution in [2.45, 2.75) is 6.42 Å². The number of nitrogens with zero attached hydrogens (tertiary/aromatic N) is 1. The number of aromatic nitrogens is 1. The molecule has 0 unspecified atom stereocenters. The Labute approximate surface area is 82.5 Å². The summed E-state index contributed by atoms with van der Waals surface area (Å²) in [4.78, 5) is 3.18. The molecule has 0 radical (unpaired) electrons. The molecule has 2 heteroatoms. The summed E-state index contributed by atoms with van der Waals surface area (Å²) in [6, 6.07) is 10.2. The van der Waals surface area contributed by atoms with Gasteiger partial charge in [0.2, 0.25) is 0 Å². The van der Waals surface area contributed by atoms with Gasteiger partial charge < -0.3 is 4.98 Å². The number of fused-ring (bicyclic) bond motifs is 1. The predicted octanol–water partition coefficient (Wildman–Crippen LogP) is 3.09. The quantitative estimate of drug-likeness (QED) is 0.761. The average molecular weight is 182 g/mol. The Hall–Kier alpha value is -2.01. The zero-order chi connectivity index (χ0) is 9.80. The van der Waals surface area contributed by atoms with Crippen LogP contribution in [0.2, 0.25) is 0 Å². The van der Waals surface area contributed by atoms with Crippen LogP contribution in [0.1, 0.15) is 12.0 Å². The molecule has 1 N–H and O–H groups in total. The average Bonchev–Trinajstić information content (AvgIpc) is 2.67. The van der Waals surface area contributed by atoms with Crippen LogP contribution in [0.5, 0.6) is 0 Å². The topological polar surface area (TPSA) is 39.6 Å². The lowest BCUT2D eigenvalue weighted by Gasteiger charge is -1.95. The molecule has 0 aliphatic carbocycles. The van der Waals surface area contributed by atoms with Gasteiger partial charge in [-0.1, -0.05) is 30.4 Å². The minimum absolute atomic E-state index is 0.455. The summed E-state index contributed by atoms with van der Waals surface area (Å²) in [7, 11) is 0. The zero-order valence-corrected chi connectivity index (χ0v) is 7.70. The Morgan fingerprint density at radius 3 is 3.14 bits per heavy atom. The van der Waals surface area contributed by atoms with Crippen molar-refractivity contribution in [2.24, 2.45) is 0 Å². The Morgan fingerprint density at radius 2 is 2.29 bits per heavy atom. The number of H-pyrrole nitrogens is 1. The predicted molar refractivity (Wildman–Crippen MR) is 57.6 cm³/mol. The van der Waals surface area contributed by atoms with Crippen molar-refractivity contribution in [1.29, 1.82) is 5.26 Å². The lowest BCUT2D eigenvalue weighted by atomic mass is 10.1. The highest BCUT2D eigenvalue weighted by Gasteiger charge is 1.96. The summed E-state index contributed by atoms with van der Waals surface area (Å²) in [5.74, 6) is 0. The van der Waals surface area contributed by atoms with Crippen molar-refractivity contribution in [1.82, 2.24) is 4.98 Å². The molecule has 0 amide bonds. The first-order valence-electron chi connectivity index (χ1n) is 4.51. The van der Waals surface area contributed by atoms with Gasteiger partial charge in [0.1, 0.15) is 0 Å². The second-order valence-corrected chi connectivity index (χ2v) is 3.05. The molecule has 68 valence electrons. The molecular formula is C12H10N2. The molecule has 1 heterocycles. The number of hydrogen-bond acceptors (Lipinski definition) is 1. The molecule has 0 fully saturated rings. The minimum Gasteiger partial charge on any atom is -0.361 e. The standard InChI is InChI=1S/C12H10N2/c13-8-2-1-4-10-5-3-6-11-7-9-14-12(10)11/h1,3-7,9,14H,2H2. The van der Waals surface area contributed by atoms with E-state index in [1.165, 1.54) is 5.39 Å². The summed E-state index contributed by atoms with van der Waals surface area (Å²) in [5.41, 5.74) is 2.25. The number of allylic oxidation sites excluding steroid dienone is 1. The van der Waals surface area contributed by atoms with E-state index in [-0.39, 0.29) is 0 Å². The SMILES string of the molecule is N#CCC=Cc1cccc2cc[nH]c12. The van der Waals surface area contributed by atoms with E-state index in [4.69, 9.17) is 5.26 Å². The third kappa shape index (κ3) is 1.53. The maximum absolute atomic E-state index is 8.41. The summed E-state index contributed by atoms with van der Waals surface area (Å²) in [6.45, 7) is 0. The first-order chi connectivity index (χ1) is 6.92. The fourth-order valence-corrected chi connectivity index (χ4v) is 1.49. The van der Waals surface area contributed by atoms with E-state index >= 15 is 0 Å². The lowest BCUT2D eigenvalue weighted by Crippen LogP contribution is -1.75. The maximum atomic E-state index is 8.41. The van der Waals surface area contributed by atoms with E-state index in [0.29, 0.717) is 6.42 Å². The highest BCUT2D eigenvalue weighted by Crippen LogP contribution is 2.17. The van der Waals surface area contributed by atoms with E-state index in [1.54, 1.807) is 0 Å². The Balaban J connectivity index is 2.42. The lowest BCUT2D eigenvalue weighted by molar-refractivity contribution is 1.36. The van der Waals surface area contributed by atoms with Crippen molar-refractivity contribution < 1.29 is 0 Å². The molecule has 2 nitrogen and oxygen atoms in total. The highest BCUT2D eigenvalue weighted by molar-refractivity contribution is 5.87.